The molecule has 1 unspecified atom stereocenters. The van der Waals surface area contributed by atoms with Crippen molar-refractivity contribution in [3.8, 4) is 5.75 Å². The van der Waals surface area contributed by atoms with E-state index in [-0.39, 0.29) is 5.37 Å². The van der Waals surface area contributed by atoms with Gasteiger partial charge in [0, 0.05) is 10.6 Å². The van der Waals surface area contributed by atoms with Gasteiger partial charge in [-0.05, 0) is 44.5 Å². The Morgan fingerprint density at radius 3 is 2.19 bits per heavy atom. The summed E-state index contributed by atoms with van der Waals surface area (Å²) in [5.74, 6) is 0.869. The Morgan fingerprint density at radius 2 is 1.75 bits per heavy atom. The van der Waals surface area contributed by atoms with Crippen LogP contribution >= 0.6 is 24.2 Å². The van der Waals surface area contributed by atoms with Crippen LogP contribution in [0.15, 0.2) is 0 Å². The average Bonchev–Trinajstić information content (AvgIpc) is 2.29. The highest BCUT2D eigenvalue weighted by molar-refractivity contribution is 7.80. The van der Waals surface area contributed by atoms with Crippen LogP contribution in [-0.4, -0.2) is 14.2 Å². The Balaban J connectivity index is 3.57. The molecule has 0 saturated carbocycles. The van der Waals surface area contributed by atoms with Crippen LogP contribution in [0.2, 0.25) is 5.02 Å². The maximum absolute atomic E-state index is 6.30. The molecular formula is C12H18ClNOS. The number of ether oxygens (including phenoxy) is 1. The number of methoxy groups -OCH3 is 1. The van der Waals surface area contributed by atoms with Crippen LogP contribution < -0.4 is 10.1 Å². The minimum absolute atomic E-state index is 0.0771. The lowest BCUT2D eigenvalue weighted by atomic mass is 9.98. The minimum atomic E-state index is -0.0771. The first-order valence-electron chi connectivity index (χ1n) is 5.14. The van der Waals surface area contributed by atoms with Crippen molar-refractivity contribution in [1.82, 2.24) is 5.32 Å². The quantitative estimate of drug-likeness (QED) is 0.641. The van der Waals surface area contributed by atoms with Crippen molar-refractivity contribution in [2.75, 3.05) is 14.2 Å². The maximum Gasteiger partial charge on any atom is 0.128 e. The second-order valence-electron chi connectivity index (χ2n) is 3.83. The number of benzene rings is 1. The Hall–Kier alpha value is -0.380. The zero-order valence-electron chi connectivity index (χ0n) is 10.3. The van der Waals surface area contributed by atoms with E-state index >= 15 is 0 Å². The smallest absolute Gasteiger partial charge is 0.128 e. The second-order valence-corrected chi connectivity index (χ2v) is 4.72. The van der Waals surface area contributed by atoms with Crippen LogP contribution in [0.3, 0.4) is 0 Å². The third-order valence-electron chi connectivity index (χ3n) is 2.96. The van der Waals surface area contributed by atoms with Crippen LogP contribution in [0, 0.1) is 20.8 Å². The molecule has 0 aliphatic carbocycles. The fourth-order valence-electron chi connectivity index (χ4n) is 1.84. The summed E-state index contributed by atoms with van der Waals surface area (Å²) in [7, 11) is 3.54. The van der Waals surface area contributed by atoms with Gasteiger partial charge in [0.1, 0.15) is 5.75 Å². The molecule has 0 aliphatic rings. The molecular weight excluding hydrogens is 242 g/mol. The van der Waals surface area contributed by atoms with Crippen molar-refractivity contribution in [1.29, 1.82) is 0 Å². The van der Waals surface area contributed by atoms with E-state index in [2.05, 4.69) is 17.9 Å². The van der Waals surface area contributed by atoms with Gasteiger partial charge in [-0.3, -0.25) is 0 Å². The molecule has 0 aliphatic heterocycles. The zero-order chi connectivity index (χ0) is 12.5. The van der Waals surface area contributed by atoms with Crippen LogP contribution in [0.1, 0.15) is 27.6 Å². The fraction of sp³-hybridized carbons (Fsp3) is 0.500. The number of thiol groups is 1. The number of rotatable bonds is 3. The molecule has 0 radical (unpaired) electrons. The van der Waals surface area contributed by atoms with Gasteiger partial charge in [-0.15, -0.1) is 0 Å². The van der Waals surface area contributed by atoms with Gasteiger partial charge in [0.25, 0.3) is 0 Å². The lowest BCUT2D eigenvalue weighted by molar-refractivity contribution is 0.404. The van der Waals surface area contributed by atoms with E-state index in [1.54, 1.807) is 7.11 Å². The summed E-state index contributed by atoms with van der Waals surface area (Å²) >= 11 is 10.8. The molecule has 90 valence electrons. The summed E-state index contributed by atoms with van der Waals surface area (Å²) in [5, 5.41) is 3.81. The topological polar surface area (TPSA) is 21.3 Å². The number of hydrogen-bond acceptors (Lipinski definition) is 3. The standard InChI is InChI=1S/C12H18ClNOS/c1-6-7(2)11(15-5)9(12(16)14-4)8(3)10(6)13/h12,14,16H,1-5H3. The normalized spacial score (nSPS) is 12.7. The van der Waals surface area contributed by atoms with Crippen LogP contribution in [0.4, 0.5) is 0 Å². The predicted octanol–water partition coefficient (Wildman–Crippen LogP) is 3.42. The molecule has 1 atom stereocenters. The first kappa shape index (κ1) is 13.7. The van der Waals surface area contributed by atoms with Gasteiger partial charge >= 0.3 is 0 Å². The largest absolute Gasteiger partial charge is 0.496 e. The van der Waals surface area contributed by atoms with Crippen molar-refractivity contribution in [3.63, 3.8) is 0 Å². The summed E-state index contributed by atoms with van der Waals surface area (Å²) in [6, 6.07) is 0. The number of nitrogens with one attached hydrogen (secondary N) is 1. The molecule has 0 saturated heterocycles. The van der Waals surface area contributed by atoms with Crippen molar-refractivity contribution in [2.24, 2.45) is 0 Å². The minimum Gasteiger partial charge on any atom is -0.496 e. The highest BCUT2D eigenvalue weighted by Gasteiger charge is 2.20. The molecule has 1 aromatic carbocycles. The van der Waals surface area contributed by atoms with Crippen molar-refractivity contribution >= 4 is 24.2 Å². The van der Waals surface area contributed by atoms with E-state index in [0.29, 0.717) is 0 Å². The highest BCUT2D eigenvalue weighted by atomic mass is 35.5. The molecule has 0 heterocycles. The second kappa shape index (κ2) is 5.30. The summed E-state index contributed by atoms with van der Waals surface area (Å²) in [6.45, 7) is 6.01. The van der Waals surface area contributed by atoms with E-state index < -0.39 is 0 Å². The lowest BCUT2D eigenvalue weighted by Gasteiger charge is -2.22. The molecule has 1 aromatic rings. The molecule has 0 spiro atoms. The number of halogens is 1. The van der Waals surface area contributed by atoms with E-state index in [4.69, 9.17) is 16.3 Å². The third kappa shape index (κ3) is 2.17. The highest BCUT2D eigenvalue weighted by Crippen LogP contribution is 2.39. The zero-order valence-corrected chi connectivity index (χ0v) is 12.0. The Kier molecular flexibility index (Phi) is 4.53. The fourth-order valence-corrected chi connectivity index (χ4v) is 2.40. The van der Waals surface area contributed by atoms with Gasteiger partial charge in [-0.25, -0.2) is 0 Å². The van der Waals surface area contributed by atoms with Gasteiger partial charge in [-0.1, -0.05) is 11.6 Å². The first-order valence-corrected chi connectivity index (χ1v) is 6.03. The van der Waals surface area contributed by atoms with Crippen LogP contribution in [0.25, 0.3) is 0 Å². The molecule has 0 aromatic heterocycles. The summed E-state index contributed by atoms with van der Waals surface area (Å²) in [6.07, 6.45) is 0. The van der Waals surface area contributed by atoms with Crippen molar-refractivity contribution in [3.05, 3.63) is 27.3 Å². The van der Waals surface area contributed by atoms with Crippen molar-refractivity contribution in [2.45, 2.75) is 26.1 Å². The Bertz CT molecular complexity index is 407. The molecule has 1 N–H and O–H groups in total. The summed E-state index contributed by atoms with van der Waals surface area (Å²) in [5.41, 5.74) is 4.18. The van der Waals surface area contributed by atoms with Crippen molar-refractivity contribution < 1.29 is 4.74 Å². The van der Waals surface area contributed by atoms with E-state index in [9.17, 15) is 0 Å². The monoisotopic (exact) mass is 259 g/mol. The van der Waals surface area contributed by atoms with E-state index in [0.717, 1.165) is 33.0 Å². The lowest BCUT2D eigenvalue weighted by Crippen LogP contribution is -2.14. The molecule has 4 heteroatoms. The molecule has 0 amide bonds. The molecule has 0 fully saturated rings. The van der Waals surface area contributed by atoms with Crippen LogP contribution in [0.5, 0.6) is 5.75 Å². The molecule has 16 heavy (non-hydrogen) atoms. The molecule has 1 rings (SSSR count). The molecule has 0 bridgehead atoms. The van der Waals surface area contributed by atoms with E-state index in [1.165, 1.54) is 0 Å². The average molecular weight is 260 g/mol. The first-order chi connectivity index (χ1) is 7.45. The van der Waals surface area contributed by atoms with Gasteiger partial charge in [-0.2, -0.15) is 12.6 Å². The van der Waals surface area contributed by atoms with E-state index in [1.807, 2.05) is 27.8 Å². The van der Waals surface area contributed by atoms with Gasteiger partial charge in [0.15, 0.2) is 0 Å². The predicted molar refractivity (Wildman–Crippen MR) is 73.0 cm³/mol. The van der Waals surface area contributed by atoms with Gasteiger partial charge < -0.3 is 10.1 Å². The van der Waals surface area contributed by atoms with Gasteiger partial charge in [0.2, 0.25) is 0 Å². The number of hydrogen-bond donors (Lipinski definition) is 2. The summed E-state index contributed by atoms with van der Waals surface area (Å²) in [4.78, 5) is 0. The van der Waals surface area contributed by atoms with Crippen LogP contribution in [-0.2, 0) is 0 Å². The maximum atomic E-state index is 6.30. The Morgan fingerprint density at radius 1 is 1.19 bits per heavy atom. The molecule has 2 nitrogen and oxygen atoms in total. The third-order valence-corrected chi connectivity index (χ3v) is 4.04. The SMILES string of the molecule is CNC(S)c1c(C)c(Cl)c(C)c(C)c1OC. The summed E-state index contributed by atoms with van der Waals surface area (Å²) < 4.78 is 5.47. The Labute approximate surface area is 108 Å². The van der Waals surface area contributed by atoms with Gasteiger partial charge in [0.05, 0.1) is 12.5 Å².